The molecule has 1 aromatic heterocycles. The fourth-order valence-electron chi connectivity index (χ4n) is 3.64. The van der Waals surface area contributed by atoms with Crippen LogP contribution >= 0.6 is 11.8 Å². The lowest BCUT2D eigenvalue weighted by Crippen LogP contribution is -2.24. The van der Waals surface area contributed by atoms with Crippen molar-refractivity contribution in [2.45, 2.75) is 44.0 Å². The molecule has 33 heavy (non-hydrogen) atoms. The van der Waals surface area contributed by atoms with E-state index in [0.717, 1.165) is 48.7 Å². The van der Waals surface area contributed by atoms with Gasteiger partial charge in [-0.05, 0) is 48.9 Å². The summed E-state index contributed by atoms with van der Waals surface area (Å²) in [7, 11) is 1.61. The van der Waals surface area contributed by atoms with Gasteiger partial charge in [-0.3, -0.25) is 14.9 Å². The number of ether oxygens (including phenoxy) is 2. The zero-order valence-corrected chi connectivity index (χ0v) is 19.2. The molecular weight excluding hydrogens is 440 g/mol. The maximum Gasteiger partial charge on any atom is 0.286 e. The lowest BCUT2D eigenvalue weighted by Gasteiger charge is -2.12. The van der Waals surface area contributed by atoms with Gasteiger partial charge in [0.05, 0.1) is 12.4 Å². The standard InChI is InChI=1S/C25H26N2O5S/c1-30-21-14-18(8-5-9-22-24(28)27-25(29)33-22)10-12-20(21)31-15-19-16-32-23(26-19)13-11-17-6-3-2-4-7-17/h2-4,6-7,10,12,14,16,22H,5,8-9,11,13,15H2,1H3,(H,27,28,29). The van der Waals surface area contributed by atoms with Gasteiger partial charge in [0.2, 0.25) is 5.91 Å². The predicted molar refractivity (Wildman–Crippen MR) is 126 cm³/mol. The van der Waals surface area contributed by atoms with Crippen LogP contribution in [0, 0.1) is 0 Å². The Kier molecular flexibility index (Phi) is 7.67. The molecule has 2 heterocycles. The van der Waals surface area contributed by atoms with Crippen molar-refractivity contribution in [1.82, 2.24) is 10.3 Å². The Labute approximate surface area is 196 Å². The van der Waals surface area contributed by atoms with E-state index < -0.39 is 0 Å². The smallest absolute Gasteiger partial charge is 0.286 e. The number of carbonyl (C=O) groups is 2. The van der Waals surface area contributed by atoms with Gasteiger partial charge in [-0.15, -0.1) is 0 Å². The first-order valence-corrected chi connectivity index (χ1v) is 11.8. The van der Waals surface area contributed by atoms with Crippen LogP contribution in [0.5, 0.6) is 11.5 Å². The second-order valence-corrected chi connectivity index (χ2v) is 8.94. The number of imide groups is 1. The molecule has 0 spiro atoms. The van der Waals surface area contributed by atoms with Crippen molar-refractivity contribution in [2.75, 3.05) is 7.11 Å². The maximum atomic E-state index is 11.7. The number of rotatable bonds is 11. The van der Waals surface area contributed by atoms with E-state index in [1.54, 1.807) is 13.4 Å². The Morgan fingerprint density at radius 1 is 1.03 bits per heavy atom. The van der Waals surface area contributed by atoms with Crippen LogP contribution in [0.15, 0.2) is 59.2 Å². The van der Waals surface area contributed by atoms with E-state index >= 15 is 0 Å². The molecule has 2 amide bonds. The van der Waals surface area contributed by atoms with Crippen molar-refractivity contribution < 1.29 is 23.5 Å². The minimum absolute atomic E-state index is 0.192. The minimum atomic E-state index is -0.290. The molecule has 1 aliphatic heterocycles. The Balaban J connectivity index is 1.26. The van der Waals surface area contributed by atoms with Gasteiger partial charge in [0, 0.05) is 6.42 Å². The van der Waals surface area contributed by atoms with Gasteiger partial charge >= 0.3 is 0 Å². The summed E-state index contributed by atoms with van der Waals surface area (Å²) in [6.07, 6.45) is 5.47. The third-order valence-corrected chi connectivity index (χ3v) is 6.42. The second kappa shape index (κ2) is 11.0. The number of oxazole rings is 1. The molecule has 0 aliphatic carbocycles. The first-order valence-electron chi connectivity index (χ1n) is 10.9. The molecule has 0 radical (unpaired) electrons. The average molecular weight is 467 g/mol. The molecule has 1 aliphatic rings. The molecule has 7 nitrogen and oxygen atoms in total. The van der Waals surface area contributed by atoms with Crippen LogP contribution in [0.4, 0.5) is 4.79 Å². The summed E-state index contributed by atoms with van der Waals surface area (Å²) in [5.41, 5.74) is 3.06. The van der Waals surface area contributed by atoms with Gasteiger partial charge in [0.1, 0.15) is 18.6 Å². The van der Waals surface area contributed by atoms with Crippen LogP contribution in [-0.2, 0) is 30.7 Å². The van der Waals surface area contributed by atoms with Crippen LogP contribution < -0.4 is 14.8 Å². The van der Waals surface area contributed by atoms with Crippen molar-refractivity contribution in [3.05, 3.63) is 77.5 Å². The first-order chi connectivity index (χ1) is 16.1. The molecule has 1 N–H and O–H groups in total. The zero-order chi connectivity index (χ0) is 23.0. The van der Waals surface area contributed by atoms with Gasteiger partial charge in [-0.2, -0.15) is 0 Å². The first kappa shape index (κ1) is 22.9. The summed E-state index contributed by atoms with van der Waals surface area (Å²) < 4.78 is 17.0. The highest BCUT2D eigenvalue weighted by atomic mass is 32.2. The van der Waals surface area contributed by atoms with Crippen LogP contribution in [0.25, 0.3) is 0 Å². The van der Waals surface area contributed by atoms with Gasteiger partial charge in [0.15, 0.2) is 17.4 Å². The Hall–Kier alpha value is -3.26. The molecule has 4 rings (SSSR count). The highest BCUT2D eigenvalue weighted by Gasteiger charge is 2.30. The third-order valence-electron chi connectivity index (χ3n) is 5.37. The molecule has 172 valence electrons. The number of hydrogen-bond donors (Lipinski definition) is 1. The number of nitrogens with one attached hydrogen (secondary N) is 1. The highest BCUT2D eigenvalue weighted by molar-refractivity contribution is 8.15. The fraction of sp³-hybridized carbons (Fsp3) is 0.320. The van der Waals surface area contributed by atoms with Crippen molar-refractivity contribution >= 4 is 22.9 Å². The molecule has 3 aromatic rings. The van der Waals surface area contributed by atoms with Crippen LogP contribution in [0.2, 0.25) is 0 Å². The molecule has 1 unspecified atom stereocenters. The van der Waals surface area contributed by atoms with E-state index in [1.165, 1.54) is 5.56 Å². The monoisotopic (exact) mass is 466 g/mol. The number of nitrogens with zero attached hydrogens (tertiary/aromatic N) is 1. The van der Waals surface area contributed by atoms with Crippen molar-refractivity contribution in [3.8, 4) is 11.5 Å². The van der Waals surface area contributed by atoms with Crippen LogP contribution in [0.3, 0.4) is 0 Å². The number of aromatic nitrogens is 1. The van der Waals surface area contributed by atoms with Gasteiger partial charge < -0.3 is 13.9 Å². The average Bonchev–Trinajstić information content (AvgIpc) is 3.42. The Bertz CT molecular complexity index is 1100. The molecule has 1 saturated heterocycles. The topological polar surface area (TPSA) is 90.7 Å². The number of benzene rings is 2. The molecular formula is C25H26N2O5S. The van der Waals surface area contributed by atoms with Crippen molar-refractivity contribution in [1.29, 1.82) is 0 Å². The molecule has 2 aromatic carbocycles. The number of amides is 2. The van der Waals surface area contributed by atoms with E-state index in [4.69, 9.17) is 13.9 Å². The van der Waals surface area contributed by atoms with E-state index in [1.807, 2.05) is 36.4 Å². The summed E-state index contributed by atoms with van der Waals surface area (Å²) in [5.74, 6) is 1.77. The lowest BCUT2D eigenvalue weighted by molar-refractivity contribution is -0.119. The maximum absolute atomic E-state index is 11.7. The largest absolute Gasteiger partial charge is 0.493 e. The van der Waals surface area contributed by atoms with E-state index in [9.17, 15) is 9.59 Å². The van der Waals surface area contributed by atoms with Crippen molar-refractivity contribution in [2.24, 2.45) is 0 Å². The number of hydrogen-bond acceptors (Lipinski definition) is 7. The third kappa shape index (κ3) is 6.38. The fourth-order valence-corrected chi connectivity index (χ4v) is 4.51. The van der Waals surface area contributed by atoms with Gasteiger partial charge in [0.25, 0.3) is 5.24 Å². The minimum Gasteiger partial charge on any atom is -0.493 e. The number of aryl methyl sites for hydroxylation is 3. The number of methoxy groups -OCH3 is 1. The lowest BCUT2D eigenvalue weighted by atomic mass is 10.1. The van der Waals surface area contributed by atoms with E-state index in [2.05, 4.69) is 22.4 Å². The number of thioether (sulfide) groups is 1. The van der Waals surface area contributed by atoms with E-state index in [-0.39, 0.29) is 23.0 Å². The summed E-state index contributed by atoms with van der Waals surface area (Å²) in [6.45, 7) is 0.284. The molecule has 1 atom stereocenters. The van der Waals surface area contributed by atoms with E-state index in [0.29, 0.717) is 23.8 Å². The van der Waals surface area contributed by atoms with Crippen LogP contribution in [0.1, 0.15) is 35.6 Å². The van der Waals surface area contributed by atoms with Gasteiger partial charge in [-0.1, -0.05) is 48.2 Å². The Morgan fingerprint density at radius 3 is 2.64 bits per heavy atom. The normalized spacial score (nSPS) is 15.5. The molecule has 0 saturated carbocycles. The molecule has 8 heteroatoms. The van der Waals surface area contributed by atoms with Crippen LogP contribution in [-0.4, -0.2) is 28.5 Å². The molecule has 1 fully saturated rings. The quantitative estimate of drug-likeness (QED) is 0.437. The SMILES string of the molecule is COc1cc(CCCC2SC(=O)NC2=O)ccc1OCc1coc(CCc2ccccc2)n1. The zero-order valence-electron chi connectivity index (χ0n) is 18.4. The number of carbonyl (C=O) groups excluding carboxylic acids is 2. The Morgan fingerprint density at radius 2 is 1.88 bits per heavy atom. The summed E-state index contributed by atoms with van der Waals surface area (Å²) in [6, 6.07) is 16.0. The summed E-state index contributed by atoms with van der Waals surface area (Å²) in [5, 5.41) is 1.77. The molecule has 0 bridgehead atoms. The summed E-state index contributed by atoms with van der Waals surface area (Å²) >= 11 is 1.07. The van der Waals surface area contributed by atoms with Gasteiger partial charge in [-0.25, -0.2) is 4.98 Å². The second-order valence-electron chi connectivity index (χ2n) is 7.77. The van der Waals surface area contributed by atoms with Crippen molar-refractivity contribution in [3.63, 3.8) is 0 Å². The predicted octanol–water partition coefficient (Wildman–Crippen LogP) is 4.72. The highest BCUT2D eigenvalue weighted by Crippen LogP contribution is 2.30. The summed E-state index contributed by atoms with van der Waals surface area (Å²) in [4.78, 5) is 27.4.